The summed E-state index contributed by atoms with van der Waals surface area (Å²) in [6, 6.07) is 11.4. The second kappa shape index (κ2) is 18.4. The molecule has 1 fully saturated rings. The molecule has 1 heterocycles. The predicted octanol–water partition coefficient (Wildman–Crippen LogP) is 10.7. The lowest BCUT2D eigenvalue weighted by atomic mass is 9.87. The number of hydrogen-bond acceptors (Lipinski definition) is 7. The molecular weight excluding hydrogens is 735 g/mol. The summed E-state index contributed by atoms with van der Waals surface area (Å²) in [4.78, 5) is 14.6. The van der Waals surface area contributed by atoms with Crippen molar-refractivity contribution in [3.05, 3.63) is 28.8 Å². The van der Waals surface area contributed by atoms with E-state index < -0.39 is 58.7 Å². The summed E-state index contributed by atoms with van der Waals surface area (Å²) in [6.45, 7) is 25.5. The minimum absolute atomic E-state index is 0.0408. The number of carbonyl (C=O) groups is 1. The van der Waals surface area contributed by atoms with Crippen LogP contribution in [0, 0.1) is 19.3 Å². The number of nitrogens with one attached hydrogen (secondary N) is 2. The van der Waals surface area contributed by atoms with Crippen molar-refractivity contribution < 1.29 is 27.5 Å². The maximum absolute atomic E-state index is 14.6. The van der Waals surface area contributed by atoms with Crippen LogP contribution >= 0.6 is 34.8 Å². The molecule has 4 atom stereocenters. The van der Waals surface area contributed by atoms with Crippen molar-refractivity contribution in [1.29, 1.82) is 5.41 Å². The van der Waals surface area contributed by atoms with Crippen molar-refractivity contribution in [1.82, 2.24) is 5.32 Å². The van der Waals surface area contributed by atoms with Gasteiger partial charge in [-0.25, -0.2) is 0 Å². The maximum atomic E-state index is 14.6. The van der Waals surface area contributed by atoms with Gasteiger partial charge in [0.05, 0.1) is 18.2 Å². The molecule has 0 aliphatic carbocycles. The summed E-state index contributed by atoms with van der Waals surface area (Å²) in [5, 5.41) is 11.8. The van der Waals surface area contributed by atoms with Crippen molar-refractivity contribution in [3.8, 4) is 5.75 Å². The van der Waals surface area contributed by atoms with E-state index in [-0.39, 0.29) is 12.5 Å². The van der Waals surface area contributed by atoms with Crippen molar-refractivity contribution in [2.24, 2.45) is 0 Å². The summed E-state index contributed by atoms with van der Waals surface area (Å²) in [5.41, 5.74) is 1.20. The minimum Gasteiger partial charge on any atom is -0.543 e. The molecule has 49 heavy (non-hydrogen) atoms. The van der Waals surface area contributed by atoms with Crippen LogP contribution in [0.15, 0.2) is 12.1 Å². The Labute approximate surface area is 314 Å². The molecule has 1 aromatic rings. The van der Waals surface area contributed by atoms with Gasteiger partial charge < -0.3 is 28.1 Å². The molecule has 0 spiro atoms. The first-order chi connectivity index (χ1) is 22.9. The first-order valence-corrected chi connectivity index (χ1v) is 27.0. The number of aryl methyl sites for hydroxylation is 2. The molecule has 0 bridgehead atoms. The van der Waals surface area contributed by atoms with Gasteiger partial charge >= 0.3 is 0 Å². The van der Waals surface area contributed by atoms with Gasteiger partial charge in [-0.05, 0) is 86.3 Å². The number of carbonyl (C=O) groups excluding carboxylic acids is 1. The van der Waals surface area contributed by atoms with E-state index in [0.29, 0.717) is 11.3 Å². The average Bonchev–Trinajstić information content (AvgIpc) is 3.08. The third kappa shape index (κ3) is 10.1. The SMILES string of the molecule is CC[Si](CC)(CC)Oc1c(C)ccc(C)c1C(=O)N[C@@H]1CO[C@@H](OC(=N)C(Cl)(Cl)Cl)[C@H](O[Si](CC)(CC)CC)[C@]1(C)O[Si](CC)(CC)CC. The fraction of sp³-hybridized carbons (Fsp3) is 0.771. The quantitative estimate of drug-likeness (QED) is 0.0664. The Kier molecular flexibility index (Phi) is 16.7. The van der Waals surface area contributed by atoms with E-state index >= 15 is 0 Å². The second-order valence-corrected chi connectivity index (χ2v) is 30.1. The van der Waals surface area contributed by atoms with Gasteiger partial charge in [-0.15, -0.1) is 0 Å². The van der Waals surface area contributed by atoms with Gasteiger partial charge in [-0.1, -0.05) is 109 Å². The minimum atomic E-state index is -2.36. The first kappa shape index (κ1) is 44.5. The van der Waals surface area contributed by atoms with E-state index in [1.54, 1.807) is 0 Å². The zero-order valence-corrected chi connectivity index (χ0v) is 37.3. The summed E-state index contributed by atoms with van der Waals surface area (Å²) >= 11 is 18.3. The van der Waals surface area contributed by atoms with E-state index in [1.807, 2.05) is 32.9 Å². The van der Waals surface area contributed by atoms with Crippen LogP contribution in [0.1, 0.15) is 90.7 Å². The molecule has 282 valence electrons. The molecule has 0 unspecified atom stereocenters. The van der Waals surface area contributed by atoms with Crippen LogP contribution < -0.4 is 9.74 Å². The van der Waals surface area contributed by atoms with Crippen LogP contribution in [0.2, 0.25) is 54.4 Å². The van der Waals surface area contributed by atoms with Crippen LogP contribution in [-0.4, -0.2) is 71.2 Å². The normalized spacial score (nSPS) is 22.1. The fourth-order valence-electron chi connectivity index (χ4n) is 6.99. The van der Waals surface area contributed by atoms with Crippen LogP contribution in [-0.2, 0) is 18.3 Å². The van der Waals surface area contributed by atoms with Crippen molar-refractivity contribution in [2.45, 2.75) is 165 Å². The topological polar surface area (TPSA) is 99.1 Å². The molecule has 0 aromatic heterocycles. The zero-order chi connectivity index (χ0) is 37.4. The molecule has 2 rings (SSSR count). The van der Waals surface area contributed by atoms with Crippen LogP contribution in [0.25, 0.3) is 0 Å². The Balaban J connectivity index is 2.80. The highest BCUT2D eigenvalue weighted by molar-refractivity contribution is 6.76. The van der Waals surface area contributed by atoms with Gasteiger partial charge in [0, 0.05) is 0 Å². The molecule has 1 amide bonds. The van der Waals surface area contributed by atoms with Crippen molar-refractivity contribution >= 4 is 71.6 Å². The Bertz CT molecular complexity index is 1230. The largest absolute Gasteiger partial charge is 0.543 e. The maximum Gasteiger partial charge on any atom is 0.265 e. The Morgan fingerprint density at radius 2 is 1.33 bits per heavy atom. The predicted molar refractivity (Wildman–Crippen MR) is 213 cm³/mol. The van der Waals surface area contributed by atoms with Crippen molar-refractivity contribution in [2.75, 3.05) is 6.61 Å². The van der Waals surface area contributed by atoms with Gasteiger partial charge in [0.15, 0.2) is 16.6 Å². The average molecular weight is 799 g/mol. The van der Waals surface area contributed by atoms with E-state index in [0.717, 1.165) is 65.5 Å². The monoisotopic (exact) mass is 796 g/mol. The fourth-order valence-corrected chi connectivity index (χ4v) is 15.8. The molecule has 1 aliphatic rings. The Morgan fingerprint density at radius 3 is 1.78 bits per heavy atom. The Hall–Kier alpha value is -0.639. The third-order valence-electron chi connectivity index (χ3n) is 11.4. The van der Waals surface area contributed by atoms with E-state index in [4.69, 9.17) is 63.0 Å². The molecule has 1 aromatic carbocycles. The van der Waals surface area contributed by atoms with Crippen LogP contribution in [0.3, 0.4) is 0 Å². The van der Waals surface area contributed by atoms with Gasteiger partial charge in [-0.2, -0.15) is 0 Å². The number of halogens is 3. The first-order valence-electron chi connectivity index (χ1n) is 18.3. The highest BCUT2D eigenvalue weighted by atomic mass is 35.6. The highest BCUT2D eigenvalue weighted by Gasteiger charge is 2.58. The number of rotatable bonds is 18. The molecule has 1 aliphatic heterocycles. The standard InChI is InChI=1S/C35H63Cl3N2O6Si3/c1-13-47(14-2,15-3)44-29-26(11)23-22-25(10)28(29)31(41)40-27-24-42-32(43-33(39)35(36,37)38)30(45-48(16-4,17-5)18-6)34(27,12)46-49(19-7,20-8)21-9/h22-23,27,30,32,39H,13-21,24H2,1-12H3,(H,40,41)/t27-,30+,32+,34-/m1/s1. The zero-order valence-electron chi connectivity index (χ0n) is 32.0. The van der Waals surface area contributed by atoms with Crippen LogP contribution in [0.5, 0.6) is 5.75 Å². The lowest BCUT2D eigenvalue weighted by Crippen LogP contribution is -2.72. The van der Waals surface area contributed by atoms with E-state index in [1.165, 1.54) is 0 Å². The number of benzene rings is 1. The molecule has 0 saturated carbocycles. The van der Waals surface area contributed by atoms with Crippen molar-refractivity contribution in [3.63, 3.8) is 0 Å². The van der Waals surface area contributed by atoms with Gasteiger partial charge in [0.1, 0.15) is 17.5 Å². The van der Waals surface area contributed by atoms with Gasteiger partial charge in [-0.3, -0.25) is 10.2 Å². The van der Waals surface area contributed by atoms with Gasteiger partial charge in [0.2, 0.25) is 12.2 Å². The molecule has 0 radical (unpaired) electrons. The molecule has 8 nitrogen and oxygen atoms in total. The lowest BCUT2D eigenvalue weighted by molar-refractivity contribution is -0.244. The molecule has 2 N–H and O–H groups in total. The molecular formula is C35H63Cl3N2O6Si3. The second-order valence-electron chi connectivity index (χ2n) is 13.7. The highest BCUT2D eigenvalue weighted by Crippen LogP contribution is 2.42. The van der Waals surface area contributed by atoms with E-state index in [9.17, 15) is 4.79 Å². The Morgan fingerprint density at radius 1 is 0.857 bits per heavy atom. The summed E-state index contributed by atoms with van der Waals surface area (Å²) in [6.07, 6.45) is -1.92. The number of amides is 1. The number of hydrogen-bond donors (Lipinski definition) is 2. The molecule has 1 saturated heterocycles. The van der Waals surface area contributed by atoms with Crippen LogP contribution in [0.4, 0.5) is 0 Å². The summed E-state index contributed by atoms with van der Waals surface area (Å²) in [7, 11) is -6.83. The number of ether oxygens (including phenoxy) is 2. The smallest absolute Gasteiger partial charge is 0.265 e. The number of alkyl halides is 3. The summed E-state index contributed by atoms with van der Waals surface area (Å²) in [5.74, 6) is -0.150. The molecule has 14 heteroatoms. The third-order valence-corrected chi connectivity index (χ3v) is 25.8. The lowest BCUT2D eigenvalue weighted by Gasteiger charge is -2.55. The van der Waals surface area contributed by atoms with Gasteiger partial charge in [0.25, 0.3) is 18.0 Å². The summed E-state index contributed by atoms with van der Waals surface area (Å²) < 4.78 is 31.9. The van der Waals surface area contributed by atoms with E-state index in [2.05, 4.69) is 67.6 Å².